The van der Waals surface area contributed by atoms with Gasteiger partial charge in [0.15, 0.2) is 0 Å². The summed E-state index contributed by atoms with van der Waals surface area (Å²) >= 11 is 0. The number of hydrogen-bond donors (Lipinski definition) is 1. The molecule has 132 valence electrons. The van der Waals surface area contributed by atoms with E-state index in [4.69, 9.17) is 10.5 Å². The smallest absolute Gasteiger partial charge is 0.354 e. The van der Waals surface area contributed by atoms with Crippen molar-refractivity contribution in [2.45, 2.75) is 19.4 Å². The van der Waals surface area contributed by atoms with E-state index in [1.807, 2.05) is 6.07 Å². The van der Waals surface area contributed by atoms with Crippen molar-refractivity contribution in [3.63, 3.8) is 0 Å². The van der Waals surface area contributed by atoms with Gasteiger partial charge >= 0.3 is 5.97 Å². The lowest BCUT2D eigenvalue weighted by molar-refractivity contribution is -0.137. The van der Waals surface area contributed by atoms with E-state index in [9.17, 15) is 14.4 Å². The maximum atomic E-state index is 12.3. The van der Waals surface area contributed by atoms with Gasteiger partial charge in [0.2, 0.25) is 11.8 Å². The van der Waals surface area contributed by atoms with E-state index in [1.165, 1.54) is 5.01 Å². The molecule has 0 saturated carbocycles. The standard InChI is InChI=1S/C19H17N3O4/c20-18(24)14-8-6-13(7-9-14)12-26-19(25)16-10-11-17(23)22(21-16)15-4-2-1-3-5-15/h1-9H,10-12H2,(H2,20,24). The van der Waals surface area contributed by atoms with Gasteiger partial charge in [0.1, 0.15) is 12.3 Å². The Morgan fingerprint density at radius 1 is 1.04 bits per heavy atom. The number of rotatable bonds is 5. The average Bonchev–Trinajstić information content (AvgIpc) is 2.67. The number of hydrazone groups is 1. The van der Waals surface area contributed by atoms with Crippen molar-refractivity contribution in [2.24, 2.45) is 10.8 Å². The fourth-order valence-electron chi connectivity index (χ4n) is 2.47. The SMILES string of the molecule is NC(=O)c1ccc(COC(=O)C2=NN(c3ccccc3)C(=O)CC2)cc1. The molecule has 0 unspecified atom stereocenters. The number of para-hydroxylation sites is 1. The minimum atomic E-state index is -0.572. The number of benzene rings is 2. The van der Waals surface area contributed by atoms with Gasteiger partial charge in [0, 0.05) is 18.4 Å². The number of hydrogen-bond acceptors (Lipinski definition) is 5. The lowest BCUT2D eigenvalue weighted by atomic mass is 10.1. The summed E-state index contributed by atoms with van der Waals surface area (Å²) < 4.78 is 5.26. The molecule has 0 aromatic heterocycles. The number of carbonyl (C=O) groups is 3. The normalized spacial score (nSPS) is 13.9. The van der Waals surface area contributed by atoms with E-state index in [1.54, 1.807) is 48.5 Å². The number of anilines is 1. The molecule has 2 amide bonds. The van der Waals surface area contributed by atoms with Crippen LogP contribution in [0.2, 0.25) is 0 Å². The fraction of sp³-hybridized carbons (Fsp3) is 0.158. The molecule has 1 aliphatic heterocycles. The molecule has 3 rings (SSSR count). The molecule has 1 aliphatic rings. The second-order valence-electron chi connectivity index (χ2n) is 5.73. The Kier molecular flexibility index (Phi) is 5.07. The van der Waals surface area contributed by atoms with Crippen molar-refractivity contribution in [1.82, 2.24) is 0 Å². The van der Waals surface area contributed by atoms with Crippen LogP contribution in [0.3, 0.4) is 0 Å². The summed E-state index contributed by atoms with van der Waals surface area (Å²) in [6.45, 7) is 0.0379. The molecule has 0 radical (unpaired) electrons. The third-order valence-electron chi connectivity index (χ3n) is 3.88. The van der Waals surface area contributed by atoms with Gasteiger partial charge in [-0.1, -0.05) is 30.3 Å². The predicted octanol–water partition coefficient (Wildman–Crippen LogP) is 2.01. The highest BCUT2D eigenvalue weighted by Gasteiger charge is 2.26. The number of ether oxygens (including phenoxy) is 1. The summed E-state index contributed by atoms with van der Waals surface area (Å²) in [5.74, 6) is -1.26. The number of esters is 1. The molecule has 2 N–H and O–H groups in total. The van der Waals surface area contributed by atoms with Gasteiger partial charge in [-0.15, -0.1) is 0 Å². The lowest BCUT2D eigenvalue weighted by Crippen LogP contribution is -2.34. The minimum absolute atomic E-state index is 0.0379. The van der Waals surface area contributed by atoms with Crippen LogP contribution in [0.1, 0.15) is 28.8 Å². The van der Waals surface area contributed by atoms with E-state index in [2.05, 4.69) is 5.10 Å². The molecule has 7 nitrogen and oxygen atoms in total. The van der Waals surface area contributed by atoms with E-state index >= 15 is 0 Å². The van der Waals surface area contributed by atoms with Crippen molar-refractivity contribution < 1.29 is 19.1 Å². The molecule has 7 heteroatoms. The molecule has 0 saturated heterocycles. The largest absolute Gasteiger partial charge is 0.456 e. The summed E-state index contributed by atoms with van der Waals surface area (Å²) in [5.41, 5.74) is 7.08. The first-order chi connectivity index (χ1) is 12.5. The van der Waals surface area contributed by atoms with Crippen LogP contribution in [0.15, 0.2) is 59.7 Å². The van der Waals surface area contributed by atoms with Gasteiger partial charge in [-0.05, 0) is 29.8 Å². The topological polar surface area (TPSA) is 102 Å². The summed E-state index contributed by atoms with van der Waals surface area (Å²) in [6, 6.07) is 15.4. The van der Waals surface area contributed by atoms with Crippen LogP contribution in [-0.2, 0) is 20.9 Å². The van der Waals surface area contributed by atoms with Gasteiger partial charge in [-0.2, -0.15) is 5.10 Å². The second kappa shape index (κ2) is 7.60. The van der Waals surface area contributed by atoms with Crippen molar-refractivity contribution in [2.75, 3.05) is 5.01 Å². The Hall–Kier alpha value is -3.48. The molecule has 0 aliphatic carbocycles. The molecule has 26 heavy (non-hydrogen) atoms. The van der Waals surface area contributed by atoms with Crippen molar-refractivity contribution in [3.8, 4) is 0 Å². The van der Waals surface area contributed by atoms with Gasteiger partial charge in [-0.25, -0.2) is 9.80 Å². The van der Waals surface area contributed by atoms with Crippen molar-refractivity contribution >= 4 is 29.2 Å². The van der Waals surface area contributed by atoms with Crippen LogP contribution in [0.4, 0.5) is 5.69 Å². The Morgan fingerprint density at radius 3 is 2.38 bits per heavy atom. The highest BCUT2D eigenvalue weighted by atomic mass is 16.5. The average molecular weight is 351 g/mol. The van der Waals surface area contributed by atoms with E-state index in [-0.39, 0.29) is 31.1 Å². The quantitative estimate of drug-likeness (QED) is 0.832. The van der Waals surface area contributed by atoms with Crippen LogP contribution in [0, 0.1) is 0 Å². The van der Waals surface area contributed by atoms with Crippen molar-refractivity contribution in [1.29, 1.82) is 0 Å². The van der Waals surface area contributed by atoms with Gasteiger partial charge in [0.25, 0.3) is 0 Å². The lowest BCUT2D eigenvalue weighted by Gasteiger charge is -2.22. The summed E-state index contributed by atoms with van der Waals surface area (Å²) in [6.07, 6.45) is 0.428. The first kappa shape index (κ1) is 17.3. The molecule has 2 aromatic carbocycles. The molecular formula is C19H17N3O4. The van der Waals surface area contributed by atoms with Gasteiger partial charge in [0.05, 0.1) is 5.69 Å². The van der Waals surface area contributed by atoms with E-state index < -0.39 is 11.9 Å². The third kappa shape index (κ3) is 3.94. The number of nitrogens with two attached hydrogens (primary N) is 1. The zero-order chi connectivity index (χ0) is 18.5. The fourth-order valence-corrected chi connectivity index (χ4v) is 2.47. The van der Waals surface area contributed by atoms with Crippen LogP contribution < -0.4 is 10.7 Å². The Bertz CT molecular complexity index is 860. The minimum Gasteiger partial charge on any atom is -0.456 e. The third-order valence-corrected chi connectivity index (χ3v) is 3.88. The van der Waals surface area contributed by atoms with Crippen LogP contribution in [0.25, 0.3) is 0 Å². The van der Waals surface area contributed by atoms with Crippen molar-refractivity contribution in [3.05, 3.63) is 65.7 Å². The Morgan fingerprint density at radius 2 is 1.73 bits per heavy atom. The number of nitrogens with zero attached hydrogens (tertiary/aromatic N) is 2. The first-order valence-corrected chi connectivity index (χ1v) is 8.06. The summed E-state index contributed by atoms with van der Waals surface area (Å²) in [5, 5.41) is 5.37. The Labute approximate surface area is 150 Å². The highest BCUT2D eigenvalue weighted by molar-refractivity contribution is 6.37. The van der Waals surface area contributed by atoms with E-state index in [0.29, 0.717) is 11.3 Å². The molecular weight excluding hydrogens is 334 g/mol. The molecule has 0 fully saturated rings. The predicted molar refractivity (Wildman–Crippen MR) is 95.4 cm³/mol. The van der Waals surface area contributed by atoms with Crippen LogP contribution >= 0.6 is 0 Å². The van der Waals surface area contributed by atoms with Gasteiger partial charge < -0.3 is 10.5 Å². The summed E-state index contributed by atoms with van der Waals surface area (Å²) in [4.78, 5) is 35.4. The second-order valence-corrected chi connectivity index (χ2v) is 5.73. The van der Waals surface area contributed by atoms with Gasteiger partial charge in [-0.3, -0.25) is 9.59 Å². The molecule has 0 atom stereocenters. The molecule has 0 bridgehead atoms. The highest BCUT2D eigenvalue weighted by Crippen LogP contribution is 2.20. The zero-order valence-electron chi connectivity index (χ0n) is 13.9. The number of carbonyl (C=O) groups excluding carboxylic acids is 3. The van der Waals surface area contributed by atoms with Crippen LogP contribution in [-0.4, -0.2) is 23.5 Å². The molecule has 0 spiro atoms. The molecule has 1 heterocycles. The number of amides is 2. The van der Waals surface area contributed by atoms with E-state index in [0.717, 1.165) is 5.56 Å². The van der Waals surface area contributed by atoms with Crippen LogP contribution in [0.5, 0.6) is 0 Å². The first-order valence-electron chi connectivity index (χ1n) is 8.06. The summed E-state index contributed by atoms with van der Waals surface area (Å²) in [7, 11) is 0. The maximum Gasteiger partial charge on any atom is 0.354 e. The monoisotopic (exact) mass is 351 g/mol. The number of primary amides is 1. The Balaban J connectivity index is 1.67. The maximum absolute atomic E-state index is 12.3. The zero-order valence-corrected chi connectivity index (χ0v) is 13.9. The molecule has 2 aromatic rings.